The highest BCUT2D eigenvalue weighted by Crippen LogP contribution is 2.23. The van der Waals surface area contributed by atoms with Crippen LogP contribution in [0.5, 0.6) is 0 Å². The highest BCUT2D eigenvalue weighted by molar-refractivity contribution is 5.94. The Morgan fingerprint density at radius 2 is 2.17 bits per heavy atom. The van der Waals surface area contributed by atoms with Crippen molar-refractivity contribution in [2.45, 2.75) is 19.9 Å². The number of amides is 2. The van der Waals surface area contributed by atoms with Gasteiger partial charge >= 0.3 is 5.97 Å². The van der Waals surface area contributed by atoms with Crippen molar-refractivity contribution in [2.75, 3.05) is 18.5 Å². The Kier molecular flexibility index (Phi) is 5.91. The number of benzene rings is 1. The van der Waals surface area contributed by atoms with E-state index in [1.165, 1.54) is 29.4 Å². The lowest BCUT2D eigenvalue weighted by Gasteiger charge is -2.14. The lowest BCUT2D eigenvalue weighted by Crippen LogP contribution is -2.28. The maximum atomic E-state index is 12.2. The molecule has 0 radical (unpaired) electrons. The van der Waals surface area contributed by atoms with Crippen molar-refractivity contribution in [2.24, 2.45) is 5.92 Å². The number of esters is 1. The van der Waals surface area contributed by atoms with Crippen molar-refractivity contribution in [1.29, 1.82) is 0 Å². The summed E-state index contributed by atoms with van der Waals surface area (Å²) in [5.41, 5.74) is 0.564. The molecule has 2 aromatic rings. The molecule has 3 rings (SSSR count). The molecule has 29 heavy (non-hydrogen) atoms. The summed E-state index contributed by atoms with van der Waals surface area (Å²) in [5.74, 6) is -1.52. The van der Waals surface area contributed by atoms with Crippen LogP contribution < -0.4 is 5.32 Å². The summed E-state index contributed by atoms with van der Waals surface area (Å²) in [7, 11) is 0. The Labute approximate surface area is 165 Å². The van der Waals surface area contributed by atoms with Crippen LogP contribution in [0.15, 0.2) is 41.0 Å². The fourth-order valence-electron chi connectivity index (χ4n) is 3.01. The van der Waals surface area contributed by atoms with Crippen molar-refractivity contribution in [1.82, 2.24) is 4.90 Å². The van der Waals surface area contributed by atoms with Gasteiger partial charge in [0, 0.05) is 30.3 Å². The summed E-state index contributed by atoms with van der Waals surface area (Å²) in [6.07, 6.45) is 1.51. The molecule has 2 heterocycles. The van der Waals surface area contributed by atoms with Crippen LogP contribution in [-0.4, -0.2) is 40.8 Å². The quantitative estimate of drug-likeness (QED) is 0.426. The molecule has 0 saturated carbocycles. The van der Waals surface area contributed by atoms with Gasteiger partial charge in [0.25, 0.3) is 11.6 Å². The molecule has 1 saturated heterocycles. The van der Waals surface area contributed by atoms with Gasteiger partial charge in [-0.05, 0) is 25.1 Å². The van der Waals surface area contributed by atoms with Gasteiger partial charge in [-0.15, -0.1) is 0 Å². The molecule has 0 aliphatic carbocycles. The van der Waals surface area contributed by atoms with Crippen molar-refractivity contribution in [3.05, 3.63) is 58.0 Å². The second kappa shape index (κ2) is 8.55. The number of carbonyl (C=O) groups excluding carboxylic acids is 3. The molecule has 10 nitrogen and oxygen atoms in total. The van der Waals surface area contributed by atoms with Gasteiger partial charge in [0.05, 0.1) is 23.6 Å². The summed E-state index contributed by atoms with van der Waals surface area (Å²) in [5, 5.41) is 13.4. The lowest BCUT2D eigenvalue weighted by atomic mass is 10.1. The van der Waals surface area contributed by atoms with Crippen molar-refractivity contribution >= 4 is 29.2 Å². The maximum absolute atomic E-state index is 12.2. The molecule has 152 valence electrons. The van der Waals surface area contributed by atoms with Gasteiger partial charge in [0.15, 0.2) is 6.61 Å². The molecule has 0 unspecified atom stereocenters. The molecule has 1 atom stereocenters. The Morgan fingerprint density at radius 1 is 1.38 bits per heavy atom. The van der Waals surface area contributed by atoms with E-state index >= 15 is 0 Å². The Bertz CT molecular complexity index is 939. The first kappa shape index (κ1) is 20.1. The van der Waals surface area contributed by atoms with E-state index in [4.69, 9.17) is 9.15 Å². The van der Waals surface area contributed by atoms with E-state index in [1.54, 1.807) is 19.1 Å². The standard InChI is InChI=1S/C19H19N3O7/c1-12-4-5-14(8-16(12)22(26)27)20-17(23)11-29-19(25)13-7-18(24)21(9-13)10-15-3-2-6-28-15/h2-6,8,13H,7,9-11H2,1H3,(H,20,23)/t13-/m1/s1. The SMILES string of the molecule is Cc1ccc(NC(=O)COC(=O)[C@@H]2CC(=O)N(Cc3ccco3)C2)cc1[N+](=O)[O-]. The Balaban J connectivity index is 1.49. The van der Waals surface area contributed by atoms with Crippen LogP contribution in [0.2, 0.25) is 0 Å². The van der Waals surface area contributed by atoms with Crippen LogP contribution in [-0.2, 0) is 25.7 Å². The van der Waals surface area contributed by atoms with Crippen LogP contribution in [0.4, 0.5) is 11.4 Å². The normalized spacial score (nSPS) is 16.0. The third-order valence-electron chi connectivity index (χ3n) is 4.51. The van der Waals surface area contributed by atoms with Crippen molar-refractivity contribution < 1.29 is 28.5 Å². The molecule has 0 spiro atoms. The molecule has 1 aliphatic rings. The number of rotatable bonds is 7. The summed E-state index contributed by atoms with van der Waals surface area (Å²) in [6, 6.07) is 7.71. The predicted molar refractivity (Wildman–Crippen MR) is 99.7 cm³/mol. The fourth-order valence-corrected chi connectivity index (χ4v) is 3.01. The summed E-state index contributed by atoms with van der Waals surface area (Å²) in [4.78, 5) is 48.1. The van der Waals surface area contributed by atoms with Crippen molar-refractivity contribution in [3.8, 4) is 0 Å². The van der Waals surface area contributed by atoms with Crippen LogP contribution in [0.25, 0.3) is 0 Å². The molecular formula is C19H19N3O7. The van der Waals surface area contributed by atoms with Gasteiger partial charge in [-0.3, -0.25) is 24.5 Å². The third kappa shape index (κ3) is 4.98. The highest BCUT2D eigenvalue weighted by atomic mass is 16.6. The second-order valence-corrected chi connectivity index (χ2v) is 6.67. The predicted octanol–water partition coefficient (Wildman–Crippen LogP) is 2.03. The van der Waals surface area contributed by atoms with Gasteiger partial charge in [0.1, 0.15) is 5.76 Å². The summed E-state index contributed by atoms with van der Waals surface area (Å²) in [6.45, 7) is 1.49. The first-order valence-electron chi connectivity index (χ1n) is 8.85. The van der Waals surface area contributed by atoms with E-state index in [9.17, 15) is 24.5 Å². The van der Waals surface area contributed by atoms with Crippen LogP contribution >= 0.6 is 0 Å². The molecule has 1 fully saturated rings. The smallest absolute Gasteiger partial charge is 0.311 e. The monoisotopic (exact) mass is 401 g/mol. The molecule has 1 aliphatic heterocycles. The number of ether oxygens (including phenoxy) is 1. The van der Waals surface area contributed by atoms with Crippen LogP contribution in [0, 0.1) is 23.0 Å². The molecule has 0 bridgehead atoms. The summed E-state index contributed by atoms with van der Waals surface area (Å²) < 4.78 is 10.2. The zero-order chi connectivity index (χ0) is 21.0. The average molecular weight is 401 g/mol. The number of nitrogens with one attached hydrogen (secondary N) is 1. The van der Waals surface area contributed by atoms with Gasteiger partial charge in [-0.2, -0.15) is 0 Å². The fraction of sp³-hybridized carbons (Fsp3) is 0.316. The van der Waals surface area contributed by atoms with E-state index in [1.807, 2.05) is 0 Å². The number of nitrogens with zero attached hydrogens (tertiary/aromatic N) is 2. The van der Waals surface area contributed by atoms with E-state index in [2.05, 4.69) is 5.32 Å². The minimum absolute atomic E-state index is 0.00528. The molecule has 1 aromatic carbocycles. The number of likely N-dealkylation sites (tertiary alicyclic amines) is 1. The van der Waals surface area contributed by atoms with Gasteiger partial charge in [0.2, 0.25) is 5.91 Å². The van der Waals surface area contributed by atoms with Gasteiger partial charge < -0.3 is 19.4 Å². The molecule has 1 aromatic heterocycles. The number of aryl methyl sites for hydroxylation is 1. The molecular weight excluding hydrogens is 382 g/mol. The first-order valence-corrected chi connectivity index (χ1v) is 8.85. The first-order chi connectivity index (χ1) is 13.8. The number of nitro benzene ring substituents is 1. The number of nitro groups is 1. The Hall–Kier alpha value is -3.69. The lowest BCUT2D eigenvalue weighted by molar-refractivity contribution is -0.385. The van der Waals surface area contributed by atoms with E-state index in [-0.39, 0.29) is 36.8 Å². The van der Waals surface area contributed by atoms with Crippen LogP contribution in [0.1, 0.15) is 17.7 Å². The zero-order valence-electron chi connectivity index (χ0n) is 15.6. The largest absolute Gasteiger partial charge is 0.467 e. The maximum Gasteiger partial charge on any atom is 0.311 e. The number of hydrogen-bond acceptors (Lipinski definition) is 7. The minimum Gasteiger partial charge on any atom is -0.467 e. The minimum atomic E-state index is -0.661. The summed E-state index contributed by atoms with van der Waals surface area (Å²) >= 11 is 0. The number of anilines is 1. The Morgan fingerprint density at radius 3 is 2.86 bits per heavy atom. The molecule has 2 amide bonds. The van der Waals surface area contributed by atoms with Gasteiger partial charge in [-0.25, -0.2) is 0 Å². The third-order valence-corrected chi connectivity index (χ3v) is 4.51. The van der Waals surface area contributed by atoms with Crippen LogP contribution in [0.3, 0.4) is 0 Å². The van der Waals surface area contributed by atoms with Gasteiger partial charge in [-0.1, -0.05) is 6.07 Å². The van der Waals surface area contributed by atoms with E-state index in [0.29, 0.717) is 11.3 Å². The number of furan rings is 1. The number of hydrogen-bond donors (Lipinski definition) is 1. The topological polar surface area (TPSA) is 132 Å². The van der Waals surface area contributed by atoms with E-state index in [0.717, 1.165) is 0 Å². The molecule has 1 N–H and O–H groups in total. The second-order valence-electron chi connectivity index (χ2n) is 6.67. The number of carbonyl (C=O) groups is 3. The van der Waals surface area contributed by atoms with E-state index < -0.39 is 29.3 Å². The average Bonchev–Trinajstić information content (AvgIpc) is 3.31. The zero-order valence-corrected chi connectivity index (χ0v) is 15.6. The molecule has 10 heteroatoms. The van der Waals surface area contributed by atoms with Crippen molar-refractivity contribution in [3.63, 3.8) is 0 Å². The highest BCUT2D eigenvalue weighted by Gasteiger charge is 2.35.